The van der Waals surface area contributed by atoms with Crippen molar-refractivity contribution in [3.05, 3.63) is 59.9 Å². The first-order valence-corrected chi connectivity index (χ1v) is 8.23. The summed E-state index contributed by atoms with van der Waals surface area (Å²) in [6.45, 7) is 1.82. The molecule has 0 amide bonds. The fourth-order valence-corrected chi connectivity index (χ4v) is 2.51. The Morgan fingerprint density at radius 3 is 2.22 bits per heavy atom. The predicted octanol–water partition coefficient (Wildman–Crippen LogP) is 4.16. The van der Waals surface area contributed by atoms with Gasteiger partial charge >= 0.3 is 0 Å². The van der Waals surface area contributed by atoms with E-state index in [-0.39, 0.29) is 0 Å². The third kappa shape index (κ3) is 4.44. The summed E-state index contributed by atoms with van der Waals surface area (Å²) in [6, 6.07) is 16.6. The van der Waals surface area contributed by atoms with Crippen molar-refractivity contribution in [2.45, 2.75) is 6.92 Å². The Labute approximate surface area is 157 Å². The van der Waals surface area contributed by atoms with Crippen LogP contribution >= 0.6 is 0 Å². The topological polar surface area (TPSA) is 92.1 Å². The van der Waals surface area contributed by atoms with Gasteiger partial charge in [-0.2, -0.15) is 5.26 Å². The molecular formula is C20H19N5O2. The number of nitriles is 1. The van der Waals surface area contributed by atoms with Crippen molar-refractivity contribution in [2.24, 2.45) is 0 Å². The highest BCUT2D eigenvalue weighted by molar-refractivity contribution is 5.68. The molecule has 136 valence electrons. The highest BCUT2D eigenvalue weighted by atomic mass is 16.5. The van der Waals surface area contributed by atoms with Gasteiger partial charge in [-0.25, -0.2) is 9.97 Å². The van der Waals surface area contributed by atoms with Crippen molar-refractivity contribution in [1.82, 2.24) is 9.97 Å². The van der Waals surface area contributed by atoms with Crippen LogP contribution in [0, 0.1) is 18.3 Å². The normalized spacial score (nSPS) is 10.0. The van der Waals surface area contributed by atoms with Gasteiger partial charge in [0.2, 0.25) is 0 Å². The van der Waals surface area contributed by atoms with Crippen molar-refractivity contribution >= 4 is 23.0 Å². The maximum atomic E-state index is 8.89. The van der Waals surface area contributed by atoms with Gasteiger partial charge in [0.05, 0.1) is 31.5 Å². The smallest absolute Gasteiger partial charge is 0.146 e. The molecule has 1 aromatic heterocycles. The van der Waals surface area contributed by atoms with Gasteiger partial charge in [0.15, 0.2) is 0 Å². The second-order valence-corrected chi connectivity index (χ2v) is 5.69. The molecule has 0 saturated carbocycles. The summed E-state index contributed by atoms with van der Waals surface area (Å²) in [5.41, 5.74) is 2.20. The number of aryl methyl sites for hydroxylation is 1. The molecule has 0 atom stereocenters. The summed E-state index contributed by atoms with van der Waals surface area (Å²) < 4.78 is 10.6. The van der Waals surface area contributed by atoms with Gasteiger partial charge in [-0.15, -0.1) is 0 Å². The van der Waals surface area contributed by atoms with Crippen LogP contribution < -0.4 is 20.1 Å². The Bertz CT molecular complexity index is 981. The molecule has 27 heavy (non-hydrogen) atoms. The van der Waals surface area contributed by atoms with E-state index in [4.69, 9.17) is 14.7 Å². The number of nitrogens with one attached hydrogen (secondary N) is 2. The van der Waals surface area contributed by atoms with Crippen LogP contribution in [0.1, 0.15) is 11.4 Å². The van der Waals surface area contributed by atoms with Crippen LogP contribution in [0.25, 0.3) is 0 Å². The maximum Gasteiger partial charge on any atom is 0.146 e. The van der Waals surface area contributed by atoms with Crippen molar-refractivity contribution < 1.29 is 9.47 Å². The second kappa shape index (κ2) is 8.06. The molecule has 1 heterocycles. The fraction of sp³-hybridized carbons (Fsp3) is 0.150. The molecule has 7 heteroatoms. The minimum absolute atomic E-state index is 0.605. The summed E-state index contributed by atoms with van der Waals surface area (Å²) in [5, 5.41) is 15.4. The van der Waals surface area contributed by atoms with E-state index >= 15 is 0 Å². The minimum Gasteiger partial charge on any atom is -0.497 e. The maximum absolute atomic E-state index is 8.89. The largest absolute Gasteiger partial charge is 0.497 e. The van der Waals surface area contributed by atoms with Crippen LogP contribution in [0.2, 0.25) is 0 Å². The van der Waals surface area contributed by atoms with Crippen molar-refractivity contribution in [1.29, 1.82) is 5.26 Å². The molecule has 0 radical (unpaired) electrons. The summed E-state index contributed by atoms with van der Waals surface area (Å²) >= 11 is 0. The number of rotatable bonds is 6. The lowest BCUT2D eigenvalue weighted by Crippen LogP contribution is -2.02. The van der Waals surface area contributed by atoms with E-state index in [0.29, 0.717) is 34.5 Å². The minimum atomic E-state index is 0.605. The molecule has 2 N–H and O–H groups in total. The van der Waals surface area contributed by atoms with Crippen LogP contribution in [-0.2, 0) is 0 Å². The first-order chi connectivity index (χ1) is 13.1. The third-order valence-electron chi connectivity index (χ3n) is 3.80. The summed E-state index contributed by atoms with van der Waals surface area (Å²) in [5.74, 6) is 3.24. The van der Waals surface area contributed by atoms with Crippen molar-refractivity contribution in [2.75, 3.05) is 24.9 Å². The number of ether oxygens (including phenoxy) is 2. The van der Waals surface area contributed by atoms with Gasteiger partial charge in [0, 0.05) is 17.8 Å². The molecule has 0 spiro atoms. The second-order valence-electron chi connectivity index (χ2n) is 5.69. The molecule has 0 bridgehead atoms. The van der Waals surface area contributed by atoms with Gasteiger partial charge in [0.25, 0.3) is 0 Å². The van der Waals surface area contributed by atoms with E-state index in [1.165, 1.54) is 0 Å². The van der Waals surface area contributed by atoms with Gasteiger partial charge in [-0.1, -0.05) is 0 Å². The quantitative estimate of drug-likeness (QED) is 0.681. The molecule has 0 aliphatic rings. The molecule has 7 nitrogen and oxygen atoms in total. The molecule has 0 saturated heterocycles. The number of hydrogen-bond acceptors (Lipinski definition) is 7. The molecule has 3 aromatic rings. The highest BCUT2D eigenvalue weighted by Crippen LogP contribution is 2.31. The number of methoxy groups -OCH3 is 2. The standard InChI is InChI=1S/C20H19N5O2/c1-13-22-19(24-15-6-4-14(12-21)5-7-15)11-20(23-13)25-17-9-8-16(26-2)10-18(17)27-3/h4-11H,1-3H3,(H2,22,23,24,25). The van der Waals surface area contributed by atoms with Crippen molar-refractivity contribution in [3.8, 4) is 17.6 Å². The summed E-state index contributed by atoms with van der Waals surface area (Å²) in [6.07, 6.45) is 0. The van der Waals surface area contributed by atoms with Gasteiger partial charge in [-0.3, -0.25) is 0 Å². The molecule has 0 fully saturated rings. The zero-order valence-electron chi connectivity index (χ0n) is 15.3. The zero-order valence-corrected chi connectivity index (χ0v) is 15.3. The van der Waals surface area contributed by atoms with E-state index in [2.05, 4.69) is 26.7 Å². The number of aromatic nitrogens is 2. The highest BCUT2D eigenvalue weighted by Gasteiger charge is 2.08. The number of nitrogens with zero attached hydrogens (tertiary/aromatic N) is 3. The van der Waals surface area contributed by atoms with E-state index in [9.17, 15) is 0 Å². The Morgan fingerprint density at radius 2 is 1.59 bits per heavy atom. The average Bonchev–Trinajstić information content (AvgIpc) is 2.68. The van der Waals surface area contributed by atoms with E-state index in [1.807, 2.05) is 31.2 Å². The third-order valence-corrected chi connectivity index (χ3v) is 3.80. The van der Waals surface area contributed by atoms with Crippen LogP contribution in [0.15, 0.2) is 48.5 Å². The molecule has 0 unspecified atom stereocenters. The van der Waals surface area contributed by atoms with Crippen LogP contribution in [0.4, 0.5) is 23.0 Å². The molecule has 0 aliphatic carbocycles. The zero-order chi connectivity index (χ0) is 19.2. The molecular weight excluding hydrogens is 342 g/mol. The van der Waals surface area contributed by atoms with Gasteiger partial charge in [0.1, 0.15) is 29.0 Å². The lowest BCUT2D eigenvalue weighted by atomic mass is 10.2. The van der Waals surface area contributed by atoms with E-state index in [0.717, 1.165) is 11.4 Å². The van der Waals surface area contributed by atoms with Gasteiger partial charge in [-0.05, 0) is 43.3 Å². The van der Waals surface area contributed by atoms with E-state index in [1.54, 1.807) is 38.5 Å². The Balaban J connectivity index is 1.84. The Morgan fingerprint density at radius 1 is 0.889 bits per heavy atom. The average molecular weight is 361 g/mol. The lowest BCUT2D eigenvalue weighted by molar-refractivity contribution is 0.395. The first kappa shape index (κ1) is 18.0. The number of hydrogen-bond donors (Lipinski definition) is 2. The Kier molecular flexibility index (Phi) is 5.38. The van der Waals surface area contributed by atoms with Gasteiger partial charge < -0.3 is 20.1 Å². The van der Waals surface area contributed by atoms with Crippen LogP contribution in [0.5, 0.6) is 11.5 Å². The SMILES string of the molecule is COc1ccc(Nc2cc(Nc3ccc(C#N)cc3)nc(C)n2)c(OC)c1. The molecule has 3 rings (SSSR count). The van der Waals surface area contributed by atoms with Crippen molar-refractivity contribution in [3.63, 3.8) is 0 Å². The molecule has 0 aliphatic heterocycles. The Hall–Kier alpha value is -3.79. The summed E-state index contributed by atoms with van der Waals surface area (Å²) in [4.78, 5) is 8.83. The first-order valence-electron chi connectivity index (χ1n) is 8.23. The fourth-order valence-electron chi connectivity index (χ4n) is 2.51. The number of anilines is 4. The number of benzene rings is 2. The monoisotopic (exact) mass is 361 g/mol. The van der Waals surface area contributed by atoms with E-state index < -0.39 is 0 Å². The lowest BCUT2D eigenvalue weighted by Gasteiger charge is -2.13. The molecule has 2 aromatic carbocycles. The van der Waals surface area contributed by atoms with Crippen LogP contribution in [0.3, 0.4) is 0 Å². The van der Waals surface area contributed by atoms with Crippen LogP contribution in [-0.4, -0.2) is 24.2 Å². The summed E-state index contributed by atoms with van der Waals surface area (Å²) in [7, 11) is 3.21. The predicted molar refractivity (Wildman–Crippen MR) is 104 cm³/mol.